The summed E-state index contributed by atoms with van der Waals surface area (Å²) in [6.45, 7) is 2.72. The normalized spacial score (nSPS) is 14.3. The van der Waals surface area contributed by atoms with Gasteiger partial charge in [0.15, 0.2) is 0 Å². The monoisotopic (exact) mass is 441 g/mol. The molecule has 3 aromatic rings. The number of alkyl halides is 3. The maximum Gasteiger partial charge on any atom is 0.416 e. The molecule has 0 atom stereocenters. The minimum atomic E-state index is -4.47. The summed E-state index contributed by atoms with van der Waals surface area (Å²) in [6.07, 6.45) is -2.72. The summed E-state index contributed by atoms with van der Waals surface area (Å²) < 4.78 is 44.8. The van der Waals surface area contributed by atoms with Gasteiger partial charge in [0.2, 0.25) is 0 Å². The first-order valence-corrected chi connectivity index (χ1v) is 10.2. The lowest BCUT2D eigenvalue weighted by Crippen LogP contribution is -2.36. The molecule has 4 rings (SSSR count). The summed E-state index contributed by atoms with van der Waals surface area (Å²) in [5, 5.41) is 2.59. The van der Waals surface area contributed by atoms with Crippen LogP contribution >= 0.6 is 0 Å². The molecule has 1 amide bonds. The Kier molecular flexibility index (Phi) is 6.41. The number of amides is 1. The Labute approximate surface area is 183 Å². The highest BCUT2D eigenvalue weighted by molar-refractivity contribution is 5.95. The third-order valence-electron chi connectivity index (χ3n) is 5.30. The smallest absolute Gasteiger partial charge is 0.378 e. The van der Waals surface area contributed by atoms with Crippen molar-refractivity contribution >= 4 is 11.7 Å². The molecular weight excluding hydrogens is 419 g/mol. The van der Waals surface area contributed by atoms with E-state index >= 15 is 0 Å². The third kappa shape index (κ3) is 5.08. The molecule has 1 aliphatic heterocycles. The minimum Gasteiger partial charge on any atom is -0.378 e. The molecule has 1 aliphatic rings. The number of morpholine rings is 1. The van der Waals surface area contributed by atoms with E-state index in [1.54, 1.807) is 24.4 Å². The van der Waals surface area contributed by atoms with Crippen LogP contribution in [0.15, 0.2) is 66.9 Å². The summed E-state index contributed by atoms with van der Waals surface area (Å²) in [5.41, 5.74) is 1.28. The molecule has 8 heteroatoms. The quantitative estimate of drug-likeness (QED) is 0.632. The van der Waals surface area contributed by atoms with Crippen molar-refractivity contribution in [2.75, 3.05) is 31.2 Å². The summed E-state index contributed by atoms with van der Waals surface area (Å²) in [6, 6.07) is 16.0. The lowest BCUT2D eigenvalue weighted by Gasteiger charge is -2.27. The van der Waals surface area contributed by atoms with Gasteiger partial charge in [0.05, 0.1) is 18.8 Å². The Morgan fingerprint density at radius 2 is 1.78 bits per heavy atom. The van der Waals surface area contributed by atoms with E-state index in [0.717, 1.165) is 36.1 Å². The molecule has 0 bridgehead atoms. The van der Waals surface area contributed by atoms with Crippen molar-refractivity contribution in [2.24, 2.45) is 0 Å². The summed E-state index contributed by atoms with van der Waals surface area (Å²) >= 11 is 0. The van der Waals surface area contributed by atoms with Crippen molar-refractivity contribution in [1.82, 2.24) is 10.3 Å². The highest BCUT2D eigenvalue weighted by atomic mass is 19.4. The molecule has 1 fully saturated rings. The highest BCUT2D eigenvalue weighted by Crippen LogP contribution is 2.31. The first kappa shape index (κ1) is 21.8. The van der Waals surface area contributed by atoms with E-state index in [4.69, 9.17) is 4.74 Å². The van der Waals surface area contributed by atoms with Crippen LogP contribution in [0.1, 0.15) is 21.5 Å². The van der Waals surface area contributed by atoms with E-state index in [-0.39, 0.29) is 12.1 Å². The van der Waals surface area contributed by atoms with E-state index in [2.05, 4.69) is 15.2 Å². The largest absolute Gasteiger partial charge is 0.416 e. The topological polar surface area (TPSA) is 54.5 Å². The van der Waals surface area contributed by atoms with Crippen LogP contribution in [-0.2, 0) is 17.5 Å². The average Bonchev–Trinajstić information content (AvgIpc) is 2.83. The molecule has 1 aromatic heterocycles. The van der Waals surface area contributed by atoms with E-state index in [9.17, 15) is 18.0 Å². The molecule has 1 saturated heterocycles. The van der Waals surface area contributed by atoms with Crippen LogP contribution in [-0.4, -0.2) is 37.2 Å². The Morgan fingerprint density at radius 3 is 2.50 bits per heavy atom. The van der Waals surface area contributed by atoms with Gasteiger partial charge in [-0.2, -0.15) is 13.2 Å². The van der Waals surface area contributed by atoms with E-state index in [1.807, 2.05) is 18.2 Å². The molecule has 0 radical (unpaired) electrons. The molecule has 5 nitrogen and oxygen atoms in total. The third-order valence-corrected chi connectivity index (χ3v) is 5.30. The number of nitrogens with zero attached hydrogens (tertiary/aromatic N) is 2. The number of nitrogens with one attached hydrogen (secondary N) is 1. The second-order valence-electron chi connectivity index (χ2n) is 7.42. The number of hydrogen-bond acceptors (Lipinski definition) is 4. The first-order chi connectivity index (χ1) is 15.4. The number of carbonyl (C=O) groups excluding carboxylic acids is 1. The number of benzene rings is 2. The Morgan fingerprint density at radius 1 is 1.00 bits per heavy atom. The van der Waals surface area contributed by atoms with Gasteiger partial charge in [0.1, 0.15) is 5.82 Å². The van der Waals surface area contributed by atoms with Gasteiger partial charge >= 0.3 is 6.18 Å². The van der Waals surface area contributed by atoms with Crippen molar-refractivity contribution in [3.8, 4) is 11.1 Å². The maximum absolute atomic E-state index is 13.2. The Bertz CT molecular complexity index is 1080. The predicted octanol–water partition coefficient (Wildman–Crippen LogP) is 4.53. The van der Waals surface area contributed by atoms with E-state index in [0.29, 0.717) is 18.8 Å². The number of aromatic nitrogens is 1. The van der Waals surface area contributed by atoms with Gasteiger partial charge in [-0.05, 0) is 41.5 Å². The molecule has 0 spiro atoms. The molecule has 0 aliphatic carbocycles. The second-order valence-corrected chi connectivity index (χ2v) is 7.42. The zero-order valence-electron chi connectivity index (χ0n) is 17.2. The minimum absolute atomic E-state index is 0.0207. The highest BCUT2D eigenvalue weighted by Gasteiger charge is 2.32. The first-order valence-electron chi connectivity index (χ1n) is 10.2. The fourth-order valence-corrected chi connectivity index (χ4v) is 3.60. The molecular formula is C24H22F3N3O2. The van der Waals surface area contributed by atoms with E-state index < -0.39 is 17.6 Å². The van der Waals surface area contributed by atoms with Crippen LogP contribution in [0.5, 0.6) is 0 Å². The Hall–Kier alpha value is -3.39. The maximum atomic E-state index is 13.2. The summed E-state index contributed by atoms with van der Waals surface area (Å²) in [7, 11) is 0. The fourth-order valence-electron chi connectivity index (χ4n) is 3.60. The van der Waals surface area contributed by atoms with Crippen molar-refractivity contribution in [1.29, 1.82) is 0 Å². The standard InChI is InChI=1S/C24H22F3N3O2/c25-24(26,27)21-7-2-1-4-20(21)16-29-23(31)18-6-3-5-17(14-18)19-8-9-22(28-15-19)30-10-12-32-13-11-30/h1-9,14-15H,10-13,16H2,(H,29,31). The van der Waals surface area contributed by atoms with Crippen molar-refractivity contribution in [3.05, 3.63) is 83.6 Å². The summed E-state index contributed by atoms with van der Waals surface area (Å²) in [5.74, 6) is 0.427. The van der Waals surface area contributed by atoms with Crippen molar-refractivity contribution in [3.63, 3.8) is 0 Å². The van der Waals surface area contributed by atoms with Crippen LogP contribution < -0.4 is 10.2 Å². The zero-order valence-corrected chi connectivity index (χ0v) is 17.2. The number of halogens is 3. The van der Waals surface area contributed by atoms with Crippen LogP contribution in [0.25, 0.3) is 11.1 Å². The van der Waals surface area contributed by atoms with Crippen LogP contribution in [0.3, 0.4) is 0 Å². The van der Waals surface area contributed by atoms with Gasteiger partial charge in [0.25, 0.3) is 5.91 Å². The average molecular weight is 441 g/mol. The molecule has 2 heterocycles. The van der Waals surface area contributed by atoms with Crippen LogP contribution in [0.4, 0.5) is 19.0 Å². The molecule has 2 aromatic carbocycles. The molecule has 0 saturated carbocycles. The van der Waals surface area contributed by atoms with Gasteiger partial charge in [-0.1, -0.05) is 30.3 Å². The Balaban J connectivity index is 1.45. The summed E-state index contributed by atoms with van der Waals surface area (Å²) in [4.78, 5) is 19.3. The number of hydrogen-bond donors (Lipinski definition) is 1. The molecule has 0 unspecified atom stereocenters. The van der Waals surface area contributed by atoms with Gasteiger partial charge in [0, 0.05) is 37.0 Å². The SMILES string of the molecule is O=C(NCc1ccccc1C(F)(F)F)c1cccc(-c2ccc(N3CCOCC3)nc2)c1. The lowest BCUT2D eigenvalue weighted by atomic mass is 10.0. The fraction of sp³-hybridized carbons (Fsp3) is 0.250. The second kappa shape index (κ2) is 9.40. The lowest BCUT2D eigenvalue weighted by molar-refractivity contribution is -0.138. The number of rotatable bonds is 5. The zero-order chi connectivity index (χ0) is 22.6. The molecule has 1 N–H and O–H groups in total. The van der Waals surface area contributed by atoms with E-state index in [1.165, 1.54) is 18.2 Å². The number of carbonyl (C=O) groups is 1. The van der Waals surface area contributed by atoms with Crippen molar-refractivity contribution in [2.45, 2.75) is 12.7 Å². The van der Waals surface area contributed by atoms with Gasteiger partial charge < -0.3 is 15.0 Å². The van der Waals surface area contributed by atoms with Crippen LogP contribution in [0.2, 0.25) is 0 Å². The number of ether oxygens (including phenoxy) is 1. The number of anilines is 1. The predicted molar refractivity (Wildman–Crippen MR) is 115 cm³/mol. The van der Waals surface area contributed by atoms with Crippen molar-refractivity contribution < 1.29 is 22.7 Å². The van der Waals surface area contributed by atoms with Gasteiger partial charge in [-0.15, -0.1) is 0 Å². The molecule has 166 valence electrons. The van der Waals surface area contributed by atoms with Crippen LogP contribution in [0, 0.1) is 0 Å². The van der Waals surface area contributed by atoms with Gasteiger partial charge in [-0.3, -0.25) is 4.79 Å². The molecule has 32 heavy (non-hydrogen) atoms. The number of pyridine rings is 1. The van der Waals surface area contributed by atoms with Gasteiger partial charge in [-0.25, -0.2) is 4.98 Å².